The Morgan fingerprint density at radius 1 is 0.967 bits per heavy atom. The molecule has 0 aromatic carbocycles. The third-order valence-electron chi connectivity index (χ3n) is 6.23. The van der Waals surface area contributed by atoms with Crippen molar-refractivity contribution in [1.29, 1.82) is 0 Å². The number of carbonyl (C=O) groups excluding carboxylic acids is 3. The molecular formula is C23H34N4O3. The molecule has 1 aromatic rings. The molecule has 2 fully saturated rings. The third-order valence-corrected chi connectivity index (χ3v) is 6.23. The van der Waals surface area contributed by atoms with Crippen LogP contribution in [0.3, 0.4) is 0 Å². The van der Waals surface area contributed by atoms with Gasteiger partial charge in [-0.05, 0) is 73.4 Å². The summed E-state index contributed by atoms with van der Waals surface area (Å²) in [5, 5.41) is 0. The second-order valence-electron chi connectivity index (χ2n) is 10.5. The molecule has 0 aliphatic carbocycles. The average molecular weight is 415 g/mol. The van der Waals surface area contributed by atoms with Crippen LogP contribution >= 0.6 is 0 Å². The lowest BCUT2D eigenvalue weighted by Crippen LogP contribution is -2.67. The first-order valence-corrected chi connectivity index (χ1v) is 10.7. The van der Waals surface area contributed by atoms with E-state index < -0.39 is 5.54 Å². The Hall–Kier alpha value is -2.44. The molecular weight excluding hydrogens is 380 g/mol. The molecule has 1 atom stereocenters. The van der Waals surface area contributed by atoms with Gasteiger partial charge in [0.2, 0.25) is 11.8 Å². The third kappa shape index (κ3) is 3.82. The molecule has 0 radical (unpaired) electrons. The molecule has 2 saturated heterocycles. The molecule has 30 heavy (non-hydrogen) atoms. The van der Waals surface area contributed by atoms with Gasteiger partial charge in [-0.15, -0.1) is 0 Å². The molecule has 0 bridgehead atoms. The van der Waals surface area contributed by atoms with Crippen molar-refractivity contribution in [3.8, 4) is 0 Å². The van der Waals surface area contributed by atoms with Gasteiger partial charge in [-0.2, -0.15) is 0 Å². The number of nitrogens with zero attached hydrogens (tertiary/aromatic N) is 4. The van der Waals surface area contributed by atoms with E-state index in [9.17, 15) is 14.4 Å². The molecule has 164 valence electrons. The minimum Gasteiger partial charge on any atom is -0.328 e. The van der Waals surface area contributed by atoms with Crippen LogP contribution in [0.15, 0.2) is 18.3 Å². The van der Waals surface area contributed by atoms with Crippen LogP contribution in [0.5, 0.6) is 0 Å². The second-order valence-corrected chi connectivity index (χ2v) is 10.5. The predicted molar refractivity (Wildman–Crippen MR) is 115 cm³/mol. The lowest BCUT2D eigenvalue weighted by atomic mass is 9.91. The van der Waals surface area contributed by atoms with Crippen molar-refractivity contribution in [2.75, 3.05) is 13.1 Å². The number of aromatic nitrogens is 1. The molecule has 0 saturated carbocycles. The number of piperazine rings is 1. The first-order chi connectivity index (χ1) is 13.8. The van der Waals surface area contributed by atoms with Crippen molar-refractivity contribution in [3.05, 3.63) is 29.6 Å². The van der Waals surface area contributed by atoms with Crippen LogP contribution in [0.2, 0.25) is 0 Å². The van der Waals surface area contributed by atoms with E-state index in [2.05, 4.69) is 4.98 Å². The van der Waals surface area contributed by atoms with Gasteiger partial charge in [0.05, 0.1) is 17.8 Å². The summed E-state index contributed by atoms with van der Waals surface area (Å²) in [7, 11) is 0. The number of fused-ring (bicyclic) bond motifs is 2. The second kappa shape index (κ2) is 7.36. The summed E-state index contributed by atoms with van der Waals surface area (Å²) in [6.45, 7) is 15.6. The highest BCUT2D eigenvalue weighted by Crippen LogP contribution is 2.36. The summed E-state index contributed by atoms with van der Waals surface area (Å²) >= 11 is 0. The largest absolute Gasteiger partial charge is 0.328 e. The highest BCUT2D eigenvalue weighted by Gasteiger charge is 2.53. The molecule has 7 heteroatoms. The normalized spacial score (nSPS) is 24.0. The molecule has 3 amide bonds. The zero-order chi connectivity index (χ0) is 22.5. The lowest BCUT2D eigenvalue weighted by Gasteiger charge is -2.48. The fraction of sp³-hybridized carbons (Fsp3) is 0.652. The molecule has 1 aromatic heterocycles. The molecule has 3 aliphatic heterocycles. The van der Waals surface area contributed by atoms with E-state index in [4.69, 9.17) is 0 Å². The van der Waals surface area contributed by atoms with Crippen LogP contribution in [0.4, 0.5) is 0 Å². The van der Waals surface area contributed by atoms with Gasteiger partial charge in [-0.1, -0.05) is 0 Å². The Labute approximate surface area is 179 Å². The standard InChI is InChI=1S/C12H20N2O2.C11H14N2O/c1-11(2,3)14-8-9(15)13-7-5-6-12(13,4)10(14)16;1-11(2,3)13-7-9-8(10(13)14)5-4-6-12-9/h5-8H2,1-4H3;4-6H,7H2,1-3H3. The van der Waals surface area contributed by atoms with Crippen LogP contribution in [0, 0.1) is 0 Å². The topological polar surface area (TPSA) is 73.8 Å². The van der Waals surface area contributed by atoms with Crippen molar-refractivity contribution >= 4 is 17.7 Å². The molecule has 4 heterocycles. The van der Waals surface area contributed by atoms with Crippen molar-refractivity contribution in [3.63, 3.8) is 0 Å². The number of amides is 3. The number of hydrogen-bond acceptors (Lipinski definition) is 4. The fourth-order valence-corrected chi connectivity index (χ4v) is 4.38. The van der Waals surface area contributed by atoms with E-state index in [0.29, 0.717) is 6.54 Å². The Morgan fingerprint density at radius 3 is 2.17 bits per heavy atom. The minimum absolute atomic E-state index is 0.0922. The van der Waals surface area contributed by atoms with E-state index >= 15 is 0 Å². The van der Waals surface area contributed by atoms with Gasteiger partial charge < -0.3 is 14.7 Å². The van der Waals surface area contributed by atoms with Gasteiger partial charge in [-0.3, -0.25) is 19.4 Å². The summed E-state index contributed by atoms with van der Waals surface area (Å²) < 4.78 is 0. The van der Waals surface area contributed by atoms with Crippen LogP contribution in [-0.4, -0.2) is 67.1 Å². The first-order valence-electron chi connectivity index (χ1n) is 10.7. The van der Waals surface area contributed by atoms with Crippen molar-refractivity contribution < 1.29 is 14.4 Å². The molecule has 0 N–H and O–H groups in total. The molecule has 1 unspecified atom stereocenters. The van der Waals surface area contributed by atoms with Crippen LogP contribution in [0.25, 0.3) is 0 Å². The van der Waals surface area contributed by atoms with E-state index in [1.54, 1.807) is 16.0 Å². The van der Waals surface area contributed by atoms with E-state index in [1.165, 1.54) is 0 Å². The number of hydrogen-bond donors (Lipinski definition) is 0. The molecule has 0 spiro atoms. The van der Waals surface area contributed by atoms with Gasteiger partial charge in [0, 0.05) is 23.8 Å². The maximum atomic E-state index is 12.5. The lowest BCUT2D eigenvalue weighted by molar-refractivity contribution is -0.165. The predicted octanol–water partition coefficient (Wildman–Crippen LogP) is 2.84. The summed E-state index contributed by atoms with van der Waals surface area (Å²) in [4.78, 5) is 45.9. The first kappa shape index (κ1) is 22.2. The maximum absolute atomic E-state index is 12.5. The monoisotopic (exact) mass is 414 g/mol. The summed E-state index contributed by atoms with van der Waals surface area (Å²) in [5.41, 5.74) is 0.667. The Balaban J connectivity index is 0.000000172. The number of rotatable bonds is 0. The highest BCUT2D eigenvalue weighted by molar-refractivity contribution is 5.99. The van der Waals surface area contributed by atoms with Crippen molar-refractivity contribution in [2.24, 2.45) is 0 Å². The number of pyridine rings is 1. The van der Waals surface area contributed by atoms with Crippen molar-refractivity contribution in [2.45, 2.75) is 84.5 Å². The summed E-state index contributed by atoms with van der Waals surface area (Å²) in [6, 6.07) is 3.65. The Bertz CT molecular complexity index is 868. The van der Waals surface area contributed by atoms with E-state index in [0.717, 1.165) is 30.6 Å². The fourth-order valence-electron chi connectivity index (χ4n) is 4.38. The zero-order valence-electron chi connectivity index (χ0n) is 19.3. The quantitative estimate of drug-likeness (QED) is 0.654. The zero-order valence-corrected chi connectivity index (χ0v) is 19.3. The van der Waals surface area contributed by atoms with Gasteiger partial charge in [0.1, 0.15) is 12.1 Å². The van der Waals surface area contributed by atoms with Gasteiger partial charge >= 0.3 is 0 Å². The van der Waals surface area contributed by atoms with Gasteiger partial charge in [0.15, 0.2) is 0 Å². The number of carbonyl (C=O) groups is 3. The SMILES string of the molecule is CC(C)(C)N1CC(=O)N2CCCC2(C)C1=O.CC(C)(C)N1Cc2ncccc2C1=O. The average Bonchev–Trinajstić information content (AvgIpc) is 3.20. The van der Waals surface area contributed by atoms with Gasteiger partial charge in [-0.25, -0.2) is 0 Å². The molecule has 4 rings (SSSR count). The van der Waals surface area contributed by atoms with E-state index in [1.807, 2.05) is 65.5 Å². The van der Waals surface area contributed by atoms with Crippen LogP contribution in [0.1, 0.15) is 77.4 Å². The van der Waals surface area contributed by atoms with Crippen molar-refractivity contribution in [1.82, 2.24) is 19.7 Å². The molecule has 3 aliphatic rings. The van der Waals surface area contributed by atoms with Crippen LogP contribution in [-0.2, 0) is 16.1 Å². The Kier molecular flexibility index (Phi) is 5.46. The summed E-state index contributed by atoms with van der Waals surface area (Å²) in [5.74, 6) is 0.298. The minimum atomic E-state index is -0.581. The smallest absolute Gasteiger partial charge is 0.256 e. The highest BCUT2D eigenvalue weighted by atomic mass is 16.2. The molecule has 7 nitrogen and oxygen atoms in total. The van der Waals surface area contributed by atoms with Crippen LogP contribution < -0.4 is 0 Å². The summed E-state index contributed by atoms with van der Waals surface area (Å²) in [6.07, 6.45) is 3.47. The van der Waals surface area contributed by atoms with Gasteiger partial charge in [0.25, 0.3) is 5.91 Å². The Morgan fingerprint density at radius 2 is 1.60 bits per heavy atom. The van der Waals surface area contributed by atoms with E-state index in [-0.39, 0.29) is 35.3 Å². The maximum Gasteiger partial charge on any atom is 0.256 e.